The minimum absolute atomic E-state index is 0.0121. The Bertz CT molecular complexity index is 498. The lowest BCUT2D eigenvalue weighted by Gasteiger charge is -2.18. The van der Waals surface area contributed by atoms with Gasteiger partial charge in [-0.25, -0.2) is 0 Å². The van der Waals surface area contributed by atoms with E-state index in [-0.39, 0.29) is 12.0 Å². The molecule has 0 amide bonds. The van der Waals surface area contributed by atoms with Crippen molar-refractivity contribution in [3.8, 4) is 0 Å². The first-order valence-corrected chi connectivity index (χ1v) is 7.71. The summed E-state index contributed by atoms with van der Waals surface area (Å²) in [5.74, 6) is -2.85. The molecule has 0 aromatic heterocycles. The standard InChI is InChI=1S/C17H21F3O3/c1-2-3-4-5-9-12-14(21)23-15(16(22)17(18,19)20)13-10-7-6-8-11-13/h6-8,10-11,15H,2-5,9,12H2,1H3. The number of alkyl halides is 3. The molecule has 0 spiro atoms. The van der Waals surface area contributed by atoms with Gasteiger partial charge in [0.05, 0.1) is 0 Å². The second-order valence-electron chi connectivity index (χ2n) is 5.31. The summed E-state index contributed by atoms with van der Waals surface area (Å²) in [5.41, 5.74) is 0.0224. The molecular formula is C17H21F3O3. The Morgan fingerprint density at radius 1 is 1.04 bits per heavy atom. The van der Waals surface area contributed by atoms with Gasteiger partial charge in [0.1, 0.15) is 0 Å². The smallest absolute Gasteiger partial charge is 0.449 e. The van der Waals surface area contributed by atoms with E-state index in [1.807, 2.05) is 0 Å². The van der Waals surface area contributed by atoms with Crippen molar-refractivity contribution in [3.05, 3.63) is 35.9 Å². The minimum Gasteiger partial charge on any atom is -0.449 e. The van der Waals surface area contributed by atoms with Crippen LogP contribution in [0.1, 0.15) is 57.1 Å². The minimum atomic E-state index is -5.05. The molecule has 1 rings (SSSR count). The van der Waals surface area contributed by atoms with E-state index in [2.05, 4.69) is 6.92 Å². The molecule has 6 heteroatoms. The summed E-state index contributed by atoms with van der Waals surface area (Å²) >= 11 is 0. The highest BCUT2D eigenvalue weighted by atomic mass is 19.4. The molecule has 128 valence electrons. The van der Waals surface area contributed by atoms with Gasteiger partial charge in [-0.05, 0) is 6.42 Å². The highest BCUT2D eigenvalue weighted by Gasteiger charge is 2.45. The van der Waals surface area contributed by atoms with Gasteiger partial charge in [-0.3, -0.25) is 9.59 Å². The van der Waals surface area contributed by atoms with Crippen LogP contribution in [-0.2, 0) is 14.3 Å². The van der Waals surface area contributed by atoms with Crippen molar-refractivity contribution < 1.29 is 27.5 Å². The molecule has 0 bridgehead atoms. The highest BCUT2D eigenvalue weighted by Crippen LogP contribution is 2.29. The lowest BCUT2D eigenvalue weighted by molar-refractivity contribution is -0.186. The van der Waals surface area contributed by atoms with Crippen molar-refractivity contribution in [1.82, 2.24) is 0 Å². The van der Waals surface area contributed by atoms with E-state index in [1.165, 1.54) is 24.3 Å². The number of rotatable bonds is 9. The van der Waals surface area contributed by atoms with Gasteiger partial charge in [-0.2, -0.15) is 13.2 Å². The Morgan fingerprint density at radius 3 is 2.22 bits per heavy atom. The van der Waals surface area contributed by atoms with Gasteiger partial charge in [0.2, 0.25) is 0 Å². The van der Waals surface area contributed by atoms with Gasteiger partial charge in [-0.1, -0.05) is 62.9 Å². The van der Waals surface area contributed by atoms with Crippen molar-refractivity contribution in [2.75, 3.05) is 0 Å². The molecule has 0 aliphatic rings. The average Bonchev–Trinajstić information content (AvgIpc) is 2.51. The maximum absolute atomic E-state index is 12.7. The molecule has 1 aromatic rings. The number of unbranched alkanes of at least 4 members (excludes halogenated alkanes) is 4. The van der Waals surface area contributed by atoms with Crippen LogP contribution in [0.15, 0.2) is 30.3 Å². The summed E-state index contributed by atoms with van der Waals surface area (Å²) in [6, 6.07) is 7.26. The van der Waals surface area contributed by atoms with Crippen LogP contribution in [0.25, 0.3) is 0 Å². The number of ether oxygens (including phenoxy) is 1. The third-order valence-corrected chi connectivity index (χ3v) is 3.35. The maximum Gasteiger partial charge on any atom is 0.454 e. The number of hydrogen-bond acceptors (Lipinski definition) is 3. The summed E-state index contributed by atoms with van der Waals surface area (Å²) in [7, 11) is 0. The molecule has 0 N–H and O–H groups in total. The van der Waals surface area contributed by atoms with E-state index >= 15 is 0 Å². The van der Waals surface area contributed by atoms with E-state index in [9.17, 15) is 22.8 Å². The van der Waals surface area contributed by atoms with E-state index in [0.717, 1.165) is 25.7 Å². The summed E-state index contributed by atoms with van der Waals surface area (Å²) in [5, 5.41) is 0. The zero-order valence-electron chi connectivity index (χ0n) is 13.1. The monoisotopic (exact) mass is 330 g/mol. The second-order valence-corrected chi connectivity index (χ2v) is 5.31. The van der Waals surface area contributed by atoms with Gasteiger partial charge in [0.25, 0.3) is 5.78 Å². The quantitative estimate of drug-likeness (QED) is 0.484. The molecule has 0 saturated heterocycles. The van der Waals surface area contributed by atoms with Gasteiger partial charge in [-0.15, -0.1) is 0 Å². The van der Waals surface area contributed by atoms with E-state index in [4.69, 9.17) is 4.74 Å². The average molecular weight is 330 g/mol. The summed E-state index contributed by atoms with van der Waals surface area (Å²) in [6.07, 6.45) is -2.55. The van der Waals surface area contributed by atoms with Crippen molar-refractivity contribution >= 4 is 11.8 Å². The topological polar surface area (TPSA) is 43.4 Å². The second kappa shape index (κ2) is 9.33. The van der Waals surface area contributed by atoms with Crippen LogP contribution in [-0.4, -0.2) is 17.9 Å². The molecule has 0 radical (unpaired) electrons. The zero-order valence-corrected chi connectivity index (χ0v) is 13.1. The highest BCUT2D eigenvalue weighted by molar-refractivity contribution is 5.91. The number of esters is 1. The van der Waals surface area contributed by atoms with Crippen LogP contribution >= 0.6 is 0 Å². The zero-order chi connectivity index (χ0) is 17.3. The van der Waals surface area contributed by atoms with Crippen molar-refractivity contribution in [2.24, 2.45) is 0 Å². The van der Waals surface area contributed by atoms with Crippen LogP contribution < -0.4 is 0 Å². The van der Waals surface area contributed by atoms with Crippen LogP contribution in [0, 0.1) is 0 Å². The Labute approximate surface area is 133 Å². The number of ketones is 1. The molecule has 1 unspecified atom stereocenters. The maximum atomic E-state index is 12.7. The SMILES string of the molecule is CCCCCCCC(=O)OC(C(=O)C(F)(F)F)c1ccccc1. The molecular weight excluding hydrogens is 309 g/mol. The molecule has 1 atom stereocenters. The van der Waals surface area contributed by atoms with E-state index < -0.39 is 24.0 Å². The Balaban J connectivity index is 2.67. The van der Waals surface area contributed by atoms with E-state index in [1.54, 1.807) is 6.07 Å². The van der Waals surface area contributed by atoms with Gasteiger partial charge >= 0.3 is 12.1 Å². The van der Waals surface area contributed by atoms with E-state index in [0.29, 0.717) is 6.42 Å². The number of carbonyl (C=O) groups excluding carboxylic acids is 2. The van der Waals surface area contributed by atoms with Gasteiger partial charge in [0.15, 0.2) is 6.10 Å². The van der Waals surface area contributed by atoms with Crippen molar-refractivity contribution in [3.63, 3.8) is 0 Å². The predicted molar refractivity (Wildman–Crippen MR) is 79.7 cm³/mol. The summed E-state index contributed by atoms with van der Waals surface area (Å²) in [6.45, 7) is 2.06. The number of Topliss-reactive ketones (excluding diaryl/α,β-unsaturated/α-hetero) is 1. The number of halogens is 3. The molecule has 0 heterocycles. The number of benzene rings is 1. The first-order valence-electron chi connectivity index (χ1n) is 7.71. The van der Waals surface area contributed by atoms with Crippen molar-refractivity contribution in [1.29, 1.82) is 0 Å². The fraction of sp³-hybridized carbons (Fsp3) is 0.529. The number of hydrogen-bond donors (Lipinski definition) is 0. The Kier molecular flexibility index (Phi) is 7.78. The summed E-state index contributed by atoms with van der Waals surface area (Å²) in [4.78, 5) is 23.3. The normalized spacial score (nSPS) is 12.7. The molecule has 1 aromatic carbocycles. The van der Waals surface area contributed by atoms with Crippen LogP contribution in [0.5, 0.6) is 0 Å². The molecule has 0 fully saturated rings. The molecule has 0 aliphatic heterocycles. The molecule has 23 heavy (non-hydrogen) atoms. The Morgan fingerprint density at radius 2 is 1.65 bits per heavy atom. The molecule has 3 nitrogen and oxygen atoms in total. The molecule has 0 aliphatic carbocycles. The van der Waals surface area contributed by atoms with Gasteiger partial charge in [0, 0.05) is 12.0 Å². The fourth-order valence-corrected chi connectivity index (χ4v) is 2.11. The van der Waals surface area contributed by atoms with Crippen LogP contribution in [0.4, 0.5) is 13.2 Å². The Hall–Kier alpha value is -1.85. The first-order chi connectivity index (χ1) is 10.9. The third kappa shape index (κ3) is 6.84. The lowest BCUT2D eigenvalue weighted by atomic mass is 10.1. The largest absolute Gasteiger partial charge is 0.454 e. The lowest BCUT2D eigenvalue weighted by Crippen LogP contribution is -2.32. The fourth-order valence-electron chi connectivity index (χ4n) is 2.11. The third-order valence-electron chi connectivity index (χ3n) is 3.35. The molecule has 0 saturated carbocycles. The predicted octanol–water partition coefficient (Wildman–Crippen LogP) is 4.76. The first kappa shape index (κ1) is 19.2. The summed E-state index contributed by atoms with van der Waals surface area (Å²) < 4.78 is 42.9. The van der Waals surface area contributed by atoms with Crippen LogP contribution in [0.3, 0.4) is 0 Å². The number of carbonyl (C=O) groups is 2. The van der Waals surface area contributed by atoms with Gasteiger partial charge < -0.3 is 4.74 Å². The van der Waals surface area contributed by atoms with Crippen molar-refractivity contribution in [2.45, 2.75) is 57.7 Å². The van der Waals surface area contributed by atoms with Crippen LogP contribution in [0.2, 0.25) is 0 Å².